The number of nitrogens with one attached hydrogen (secondary N) is 1. The number of hydrogen-bond acceptors (Lipinski definition) is 3. The van der Waals surface area contributed by atoms with E-state index in [1.807, 2.05) is 6.92 Å². The van der Waals surface area contributed by atoms with E-state index in [2.05, 4.69) is 4.72 Å². The number of halogens is 1. The van der Waals surface area contributed by atoms with Crippen LogP contribution in [-0.4, -0.2) is 26.2 Å². The quantitative estimate of drug-likeness (QED) is 0.861. The highest BCUT2D eigenvalue weighted by atomic mass is 35.5. The minimum Gasteiger partial charge on any atom is -0.393 e. The second-order valence-corrected chi connectivity index (χ2v) is 6.11. The highest BCUT2D eigenvalue weighted by Gasteiger charge is 2.17. The zero-order valence-electron chi connectivity index (χ0n) is 9.77. The van der Waals surface area contributed by atoms with Gasteiger partial charge in [-0.1, -0.05) is 17.7 Å². The largest absolute Gasteiger partial charge is 0.393 e. The molecular weight excluding hydrogens is 262 g/mol. The maximum absolute atomic E-state index is 11.9. The molecule has 1 atom stereocenters. The number of sulfonamides is 1. The molecule has 1 aromatic carbocycles. The van der Waals surface area contributed by atoms with Crippen molar-refractivity contribution in [3.8, 4) is 0 Å². The van der Waals surface area contributed by atoms with Crippen LogP contribution in [0.4, 0.5) is 0 Å². The van der Waals surface area contributed by atoms with Gasteiger partial charge in [0.2, 0.25) is 10.0 Å². The lowest BCUT2D eigenvalue weighted by Crippen LogP contribution is -2.27. The smallest absolute Gasteiger partial charge is 0.242 e. The molecule has 0 saturated carbocycles. The van der Waals surface area contributed by atoms with Gasteiger partial charge < -0.3 is 5.11 Å². The minimum atomic E-state index is -3.60. The molecule has 0 aliphatic carbocycles. The van der Waals surface area contributed by atoms with Gasteiger partial charge in [-0.2, -0.15) is 0 Å². The summed E-state index contributed by atoms with van der Waals surface area (Å²) < 4.78 is 26.1. The maximum Gasteiger partial charge on any atom is 0.242 e. The number of benzene rings is 1. The monoisotopic (exact) mass is 277 g/mol. The molecular formula is C11H16ClNO3S. The van der Waals surface area contributed by atoms with Crippen LogP contribution in [0.3, 0.4) is 0 Å². The van der Waals surface area contributed by atoms with Gasteiger partial charge in [-0.15, -0.1) is 0 Å². The second-order valence-electron chi connectivity index (χ2n) is 3.97. The van der Waals surface area contributed by atoms with Gasteiger partial charge in [-0.3, -0.25) is 0 Å². The molecule has 4 nitrogen and oxygen atoms in total. The Morgan fingerprint density at radius 1 is 1.47 bits per heavy atom. The zero-order chi connectivity index (χ0) is 13.1. The molecule has 0 aliphatic rings. The third kappa shape index (κ3) is 4.27. The third-order valence-corrected chi connectivity index (χ3v) is 4.18. The van der Waals surface area contributed by atoms with E-state index in [0.29, 0.717) is 6.42 Å². The first kappa shape index (κ1) is 14.4. The molecule has 0 fully saturated rings. The molecule has 1 aromatic rings. The Morgan fingerprint density at radius 2 is 2.12 bits per heavy atom. The maximum atomic E-state index is 11.9. The first-order chi connectivity index (χ1) is 7.83. The van der Waals surface area contributed by atoms with Crippen molar-refractivity contribution in [2.75, 3.05) is 6.54 Å². The zero-order valence-corrected chi connectivity index (χ0v) is 11.3. The molecule has 0 aliphatic heterocycles. The Kier molecular flexibility index (Phi) is 4.94. The first-order valence-corrected chi connectivity index (χ1v) is 7.13. The van der Waals surface area contributed by atoms with E-state index in [1.54, 1.807) is 19.1 Å². The summed E-state index contributed by atoms with van der Waals surface area (Å²) in [5, 5.41) is 9.25. The summed E-state index contributed by atoms with van der Waals surface area (Å²) in [6, 6.07) is 4.77. The number of rotatable bonds is 5. The molecule has 2 N–H and O–H groups in total. The van der Waals surface area contributed by atoms with Gasteiger partial charge in [0.25, 0.3) is 0 Å². The topological polar surface area (TPSA) is 66.4 Å². The van der Waals surface area contributed by atoms with Crippen LogP contribution >= 0.6 is 11.6 Å². The molecule has 0 saturated heterocycles. The van der Waals surface area contributed by atoms with Gasteiger partial charge in [-0.25, -0.2) is 13.1 Å². The van der Waals surface area contributed by atoms with Crippen LogP contribution in [0, 0.1) is 6.92 Å². The lowest BCUT2D eigenvalue weighted by molar-refractivity contribution is 0.186. The van der Waals surface area contributed by atoms with Crippen molar-refractivity contribution in [1.29, 1.82) is 0 Å². The Balaban J connectivity index is 2.83. The van der Waals surface area contributed by atoms with Crippen LogP contribution in [0.15, 0.2) is 23.1 Å². The predicted octanol–water partition coefficient (Wildman–Crippen LogP) is 1.70. The van der Waals surface area contributed by atoms with Crippen molar-refractivity contribution in [3.05, 3.63) is 28.8 Å². The van der Waals surface area contributed by atoms with E-state index in [9.17, 15) is 8.42 Å². The Labute approximate surface area is 107 Å². The molecule has 1 unspecified atom stereocenters. The lowest BCUT2D eigenvalue weighted by atomic mass is 10.2. The van der Waals surface area contributed by atoms with Crippen molar-refractivity contribution in [2.45, 2.75) is 31.3 Å². The molecule has 0 amide bonds. The summed E-state index contributed by atoms with van der Waals surface area (Å²) in [7, 11) is -3.60. The fourth-order valence-electron chi connectivity index (χ4n) is 1.30. The van der Waals surface area contributed by atoms with Gasteiger partial charge >= 0.3 is 0 Å². The van der Waals surface area contributed by atoms with Crippen LogP contribution in [0.5, 0.6) is 0 Å². The van der Waals surface area contributed by atoms with Crippen molar-refractivity contribution in [2.24, 2.45) is 0 Å². The number of aliphatic hydroxyl groups excluding tert-OH is 1. The highest BCUT2D eigenvalue weighted by molar-refractivity contribution is 7.89. The molecule has 0 radical (unpaired) electrons. The summed E-state index contributed by atoms with van der Waals surface area (Å²) in [4.78, 5) is 0.0651. The fraction of sp³-hybridized carbons (Fsp3) is 0.455. The summed E-state index contributed by atoms with van der Waals surface area (Å²) in [6.07, 6.45) is -0.172. The molecule has 0 heterocycles. The second kappa shape index (κ2) is 5.82. The third-order valence-electron chi connectivity index (χ3n) is 2.23. The summed E-state index contributed by atoms with van der Waals surface area (Å²) in [5.74, 6) is 0. The molecule has 0 bridgehead atoms. The molecule has 96 valence electrons. The Morgan fingerprint density at radius 3 is 2.65 bits per heavy atom. The molecule has 0 spiro atoms. The molecule has 17 heavy (non-hydrogen) atoms. The minimum absolute atomic E-state index is 0.0651. The first-order valence-electron chi connectivity index (χ1n) is 5.27. The summed E-state index contributed by atoms with van der Waals surface area (Å²) in [6.45, 7) is 3.63. The average Bonchev–Trinajstić information content (AvgIpc) is 2.15. The lowest BCUT2D eigenvalue weighted by Gasteiger charge is -2.09. The van der Waals surface area contributed by atoms with Crippen LogP contribution < -0.4 is 4.72 Å². The van der Waals surface area contributed by atoms with Gasteiger partial charge in [-0.05, 0) is 38.0 Å². The summed E-state index contributed by atoms with van der Waals surface area (Å²) >= 11 is 5.89. The van der Waals surface area contributed by atoms with E-state index in [-0.39, 0.29) is 16.5 Å². The van der Waals surface area contributed by atoms with E-state index >= 15 is 0 Å². The molecule has 6 heteroatoms. The van der Waals surface area contributed by atoms with Crippen molar-refractivity contribution >= 4 is 21.6 Å². The molecule has 1 rings (SSSR count). The van der Waals surface area contributed by atoms with Gasteiger partial charge in [0.15, 0.2) is 0 Å². The number of aliphatic hydroxyl groups is 1. The van der Waals surface area contributed by atoms with E-state index in [4.69, 9.17) is 16.7 Å². The van der Waals surface area contributed by atoms with E-state index < -0.39 is 16.1 Å². The van der Waals surface area contributed by atoms with Crippen LogP contribution in [0.1, 0.15) is 18.9 Å². The van der Waals surface area contributed by atoms with Crippen molar-refractivity contribution in [1.82, 2.24) is 4.72 Å². The Hall–Kier alpha value is -0.620. The fourth-order valence-corrected chi connectivity index (χ4v) is 2.95. The van der Waals surface area contributed by atoms with Crippen LogP contribution in [-0.2, 0) is 10.0 Å². The number of aryl methyl sites for hydroxylation is 1. The average molecular weight is 278 g/mol. The standard InChI is InChI=1S/C11H16ClNO3S/c1-8-3-4-11(10(12)7-8)17(15,16)13-6-5-9(2)14/h3-4,7,9,13-14H,5-6H2,1-2H3. The molecule has 0 aromatic heterocycles. The van der Waals surface area contributed by atoms with Crippen molar-refractivity contribution < 1.29 is 13.5 Å². The number of hydrogen-bond donors (Lipinski definition) is 2. The predicted molar refractivity (Wildman–Crippen MR) is 67.7 cm³/mol. The summed E-state index contributed by atoms with van der Waals surface area (Å²) in [5.41, 5.74) is 0.901. The van der Waals surface area contributed by atoms with Gasteiger partial charge in [0, 0.05) is 6.54 Å². The van der Waals surface area contributed by atoms with Gasteiger partial charge in [0.1, 0.15) is 4.90 Å². The normalized spacial score (nSPS) is 13.6. The highest BCUT2D eigenvalue weighted by Crippen LogP contribution is 2.22. The van der Waals surface area contributed by atoms with Crippen molar-refractivity contribution in [3.63, 3.8) is 0 Å². The van der Waals surface area contributed by atoms with Gasteiger partial charge in [0.05, 0.1) is 11.1 Å². The van der Waals surface area contributed by atoms with E-state index in [0.717, 1.165) is 5.56 Å². The van der Waals surface area contributed by atoms with Crippen LogP contribution in [0.2, 0.25) is 5.02 Å². The SMILES string of the molecule is Cc1ccc(S(=O)(=O)NCCC(C)O)c(Cl)c1. The Bertz CT molecular complexity index is 485. The van der Waals surface area contributed by atoms with Crippen LogP contribution in [0.25, 0.3) is 0 Å². The van der Waals surface area contributed by atoms with E-state index in [1.165, 1.54) is 6.07 Å².